The fourth-order valence-corrected chi connectivity index (χ4v) is 3.01. The fourth-order valence-electron chi connectivity index (χ4n) is 1.61. The highest BCUT2D eigenvalue weighted by molar-refractivity contribution is 7.90. The Labute approximate surface area is 103 Å². The molecule has 0 spiro atoms. The second kappa shape index (κ2) is 6.02. The zero-order valence-corrected chi connectivity index (χ0v) is 11.2. The molecule has 0 aromatic heterocycles. The van der Waals surface area contributed by atoms with Crippen molar-refractivity contribution in [3.63, 3.8) is 0 Å². The van der Waals surface area contributed by atoms with Crippen LogP contribution in [-0.4, -0.2) is 39.7 Å². The lowest BCUT2D eigenvalue weighted by Gasteiger charge is -2.09. The molecule has 0 atom stereocenters. The molecule has 0 radical (unpaired) electrons. The lowest BCUT2D eigenvalue weighted by atomic mass is 10.2. The summed E-state index contributed by atoms with van der Waals surface area (Å²) < 4.78 is 23.7. The van der Waals surface area contributed by atoms with Gasteiger partial charge in [-0.25, -0.2) is 8.42 Å². The molecule has 0 bridgehead atoms. The maximum absolute atomic E-state index is 11.8. The van der Waals surface area contributed by atoms with Crippen molar-refractivity contribution in [1.82, 2.24) is 4.90 Å². The molecular weight excluding hydrogens is 236 g/mol. The highest BCUT2D eigenvalue weighted by Gasteiger charge is 2.11. The summed E-state index contributed by atoms with van der Waals surface area (Å²) in [5.74, 6) is 0.297. The van der Waals surface area contributed by atoms with E-state index in [1.165, 1.54) is 0 Å². The smallest absolute Gasteiger partial charge is 0.154 e. The maximum atomic E-state index is 11.8. The van der Waals surface area contributed by atoms with Gasteiger partial charge in [-0.3, -0.25) is 0 Å². The zero-order chi connectivity index (χ0) is 12.9. The van der Waals surface area contributed by atoms with E-state index in [0.29, 0.717) is 12.1 Å². The van der Waals surface area contributed by atoms with Crippen molar-refractivity contribution in [1.29, 1.82) is 0 Å². The van der Waals surface area contributed by atoms with Crippen LogP contribution in [0.15, 0.2) is 24.3 Å². The molecule has 0 aliphatic heterocycles. The van der Waals surface area contributed by atoms with Crippen LogP contribution < -0.4 is 5.73 Å². The molecule has 5 heteroatoms. The average Bonchev–Trinajstić information content (AvgIpc) is 2.15. The van der Waals surface area contributed by atoms with Crippen LogP contribution in [0, 0.1) is 0 Å². The van der Waals surface area contributed by atoms with E-state index in [9.17, 15) is 8.42 Å². The third-order valence-electron chi connectivity index (χ3n) is 2.40. The van der Waals surface area contributed by atoms with Gasteiger partial charge < -0.3 is 10.6 Å². The Kier molecular flexibility index (Phi) is 4.96. The maximum Gasteiger partial charge on any atom is 0.154 e. The minimum atomic E-state index is -3.03. The van der Waals surface area contributed by atoms with Crippen molar-refractivity contribution in [2.24, 2.45) is 0 Å². The number of sulfone groups is 1. The molecule has 2 N–H and O–H groups in total. The summed E-state index contributed by atoms with van der Waals surface area (Å²) in [7, 11) is 0.841. The average molecular weight is 256 g/mol. The first-order valence-corrected chi connectivity index (χ1v) is 7.41. The van der Waals surface area contributed by atoms with Crippen LogP contribution in [0.4, 0.5) is 5.69 Å². The summed E-state index contributed by atoms with van der Waals surface area (Å²) in [6.07, 6.45) is 0.664. The summed E-state index contributed by atoms with van der Waals surface area (Å²) in [5, 5.41) is 0. The second-order valence-electron chi connectivity index (χ2n) is 4.49. The lowest BCUT2D eigenvalue weighted by molar-refractivity contribution is 0.408. The summed E-state index contributed by atoms with van der Waals surface area (Å²) in [6, 6.07) is 7.03. The monoisotopic (exact) mass is 256 g/mol. The van der Waals surface area contributed by atoms with Crippen molar-refractivity contribution >= 4 is 15.5 Å². The molecule has 0 aliphatic carbocycles. The lowest BCUT2D eigenvalue weighted by Crippen LogP contribution is -2.18. The number of nitrogens with two attached hydrogens (primary N) is 1. The first-order valence-electron chi connectivity index (χ1n) is 5.58. The Morgan fingerprint density at radius 2 is 2.00 bits per heavy atom. The van der Waals surface area contributed by atoms with E-state index in [2.05, 4.69) is 0 Å². The predicted octanol–water partition coefficient (Wildman–Crippen LogP) is 1.14. The third-order valence-corrected chi connectivity index (χ3v) is 4.08. The van der Waals surface area contributed by atoms with Crippen LogP contribution in [0.5, 0.6) is 0 Å². The van der Waals surface area contributed by atoms with E-state index in [0.717, 1.165) is 12.1 Å². The Morgan fingerprint density at radius 3 is 2.59 bits per heavy atom. The SMILES string of the molecule is CN(C)CCCS(=O)(=O)Cc1cccc(N)c1. The van der Waals surface area contributed by atoms with E-state index in [-0.39, 0.29) is 11.5 Å². The summed E-state index contributed by atoms with van der Waals surface area (Å²) in [6.45, 7) is 0.788. The molecule has 0 saturated heterocycles. The van der Waals surface area contributed by atoms with Gasteiger partial charge in [-0.2, -0.15) is 0 Å². The molecule has 0 heterocycles. The first-order chi connectivity index (χ1) is 7.89. The zero-order valence-electron chi connectivity index (χ0n) is 10.4. The largest absolute Gasteiger partial charge is 0.399 e. The molecule has 1 rings (SSSR count). The van der Waals surface area contributed by atoms with Crippen LogP contribution in [0.25, 0.3) is 0 Å². The van der Waals surface area contributed by atoms with Crippen molar-refractivity contribution < 1.29 is 8.42 Å². The van der Waals surface area contributed by atoms with Gasteiger partial charge in [0.1, 0.15) is 0 Å². The van der Waals surface area contributed by atoms with E-state index >= 15 is 0 Å². The number of anilines is 1. The third kappa shape index (κ3) is 5.70. The van der Waals surface area contributed by atoms with Gasteiger partial charge in [0.25, 0.3) is 0 Å². The van der Waals surface area contributed by atoms with Crippen LogP contribution in [-0.2, 0) is 15.6 Å². The second-order valence-corrected chi connectivity index (χ2v) is 6.68. The van der Waals surface area contributed by atoms with E-state index in [1.807, 2.05) is 19.0 Å². The van der Waals surface area contributed by atoms with Crippen LogP contribution in [0.2, 0.25) is 0 Å². The first kappa shape index (κ1) is 14.0. The Balaban J connectivity index is 2.55. The van der Waals surface area contributed by atoms with Crippen LogP contribution in [0.1, 0.15) is 12.0 Å². The van der Waals surface area contributed by atoms with Crippen LogP contribution >= 0.6 is 0 Å². The molecule has 0 unspecified atom stereocenters. The molecule has 0 amide bonds. The van der Waals surface area contributed by atoms with E-state index in [1.54, 1.807) is 24.3 Å². The Hall–Kier alpha value is -1.07. The van der Waals surface area contributed by atoms with E-state index < -0.39 is 9.84 Å². The van der Waals surface area contributed by atoms with Gasteiger partial charge in [0.15, 0.2) is 9.84 Å². The summed E-state index contributed by atoms with van der Waals surface area (Å²) in [5.41, 5.74) is 6.98. The number of hydrogen-bond acceptors (Lipinski definition) is 4. The van der Waals surface area contributed by atoms with Gasteiger partial charge in [-0.15, -0.1) is 0 Å². The normalized spacial score (nSPS) is 11.9. The quantitative estimate of drug-likeness (QED) is 0.775. The molecule has 17 heavy (non-hydrogen) atoms. The molecule has 4 nitrogen and oxygen atoms in total. The van der Waals surface area contributed by atoms with E-state index in [4.69, 9.17) is 5.73 Å². The minimum absolute atomic E-state index is 0.0749. The Morgan fingerprint density at radius 1 is 1.29 bits per heavy atom. The highest BCUT2D eigenvalue weighted by atomic mass is 32.2. The van der Waals surface area contributed by atoms with Gasteiger partial charge >= 0.3 is 0 Å². The van der Waals surface area contributed by atoms with Crippen molar-refractivity contribution in [2.75, 3.05) is 32.1 Å². The molecular formula is C12H20N2O2S. The summed E-state index contributed by atoms with van der Waals surface area (Å²) >= 11 is 0. The molecule has 0 saturated carbocycles. The van der Waals surface area contributed by atoms with Gasteiger partial charge in [0.05, 0.1) is 11.5 Å². The number of rotatable bonds is 6. The standard InChI is InChI=1S/C12H20N2O2S/c1-14(2)7-4-8-17(15,16)10-11-5-3-6-12(13)9-11/h3,5-6,9H,4,7-8,10,13H2,1-2H3. The number of benzene rings is 1. The van der Waals surface area contributed by atoms with Crippen molar-refractivity contribution in [3.05, 3.63) is 29.8 Å². The van der Waals surface area contributed by atoms with Gasteiger partial charge in [-0.1, -0.05) is 12.1 Å². The van der Waals surface area contributed by atoms with Gasteiger partial charge in [0, 0.05) is 5.69 Å². The van der Waals surface area contributed by atoms with Crippen molar-refractivity contribution in [2.45, 2.75) is 12.2 Å². The molecule has 0 fully saturated rings. The molecule has 96 valence electrons. The highest BCUT2D eigenvalue weighted by Crippen LogP contribution is 2.11. The number of nitrogen functional groups attached to an aromatic ring is 1. The molecule has 1 aromatic carbocycles. The minimum Gasteiger partial charge on any atom is -0.399 e. The van der Waals surface area contributed by atoms with Crippen molar-refractivity contribution in [3.8, 4) is 0 Å². The van der Waals surface area contributed by atoms with Crippen LogP contribution in [0.3, 0.4) is 0 Å². The number of nitrogens with zero attached hydrogens (tertiary/aromatic N) is 1. The van der Waals surface area contributed by atoms with Gasteiger partial charge in [-0.05, 0) is 44.8 Å². The molecule has 1 aromatic rings. The number of hydrogen-bond donors (Lipinski definition) is 1. The van der Waals surface area contributed by atoms with Gasteiger partial charge in [0.2, 0.25) is 0 Å². The Bertz CT molecular complexity index is 455. The molecule has 0 aliphatic rings. The summed E-state index contributed by atoms with van der Waals surface area (Å²) in [4.78, 5) is 1.98. The predicted molar refractivity (Wildman–Crippen MR) is 71.5 cm³/mol. The topological polar surface area (TPSA) is 63.4 Å². The fraction of sp³-hybridized carbons (Fsp3) is 0.500.